The molecule has 1 amide bonds. The number of benzene rings is 1. The number of nitrogens with one attached hydrogen (secondary N) is 1. The first kappa shape index (κ1) is 26.7. The van der Waals surface area contributed by atoms with Crippen LogP contribution in [0, 0.1) is 53.3 Å². The molecule has 8 saturated carbocycles. The molecule has 0 spiro atoms. The average molecular weight is 569 g/mol. The van der Waals surface area contributed by atoms with Gasteiger partial charge in [0.15, 0.2) is 5.75 Å². The highest BCUT2D eigenvalue weighted by Crippen LogP contribution is 2.62. The largest absolute Gasteiger partial charge is 0.420 e. The maximum atomic E-state index is 13.2. The Morgan fingerprint density at radius 2 is 1.24 bits per heavy atom. The summed E-state index contributed by atoms with van der Waals surface area (Å²) in [4.78, 5) is 39.2. The number of carbonyl (C=O) groups excluding carboxylic acids is 2. The van der Waals surface area contributed by atoms with Gasteiger partial charge in [-0.25, -0.2) is 0 Å². The third-order valence-electron chi connectivity index (χ3n) is 12.3. The normalized spacial score (nSPS) is 37.2. The van der Waals surface area contributed by atoms with E-state index in [2.05, 4.69) is 5.32 Å². The molecule has 0 atom stereocenters. The standard InChI is InChI=1S/C36H44N2O4/c1-22-34(42-33(41)21-36-17-26-11-27(18-36)13-28(12-26)19-36)31(39)6-7-38(22)30-4-2-29(3-5-30)37-32(40)20-35-14-23-8-24(15-35)10-25(9-23)16-35/h2-7,23-28H,8-21H2,1H3,(H,37,40). The van der Waals surface area contributed by atoms with Gasteiger partial charge >= 0.3 is 5.97 Å². The first-order valence-corrected chi connectivity index (χ1v) is 16.6. The van der Waals surface area contributed by atoms with Gasteiger partial charge in [0, 0.05) is 30.1 Å². The van der Waals surface area contributed by atoms with Crippen LogP contribution in [0.1, 0.15) is 95.6 Å². The monoisotopic (exact) mass is 568 g/mol. The van der Waals surface area contributed by atoms with E-state index in [-0.39, 0.29) is 33.9 Å². The zero-order valence-corrected chi connectivity index (χ0v) is 24.9. The second kappa shape index (κ2) is 9.82. The minimum Gasteiger partial charge on any atom is -0.420 e. The minimum atomic E-state index is -0.271. The molecule has 1 heterocycles. The maximum Gasteiger partial charge on any atom is 0.311 e. The second-order valence-electron chi connectivity index (χ2n) is 15.7. The van der Waals surface area contributed by atoms with E-state index < -0.39 is 0 Å². The van der Waals surface area contributed by atoms with Crippen LogP contribution in [0.4, 0.5) is 5.69 Å². The maximum absolute atomic E-state index is 13.2. The van der Waals surface area contributed by atoms with Crippen molar-refractivity contribution >= 4 is 17.6 Å². The van der Waals surface area contributed by atoms with Gasteiger partial charge in [0.05, 0.1) is 12.1 Å². The number of aromatic nitrogens is 1. The lowest BCUT2D eigenvalue weighted by Crippen LogP contribution is -2.47. The van der Waals surface area contributed by atoms with E-state index in [0.717, 1.165) is 66.1 Å². The predicted molar refractivity (Wildman–Crippen MR) is 161 cm³/mol. The van der Waals surface area contributed by atoms with Crippen LogP contribution in [0.3, 0.4) is 0 Å². The quantitative estimate of drug-likeness (QED) is 0.358. The van der Waals surface area contributed by atoms with Crippen molar-refractivity contribution in [2.24, 2.45) is 46.3 Å². The van der Waals surface area contributed by atoms with Crippen molar-refractivity contribution < 1.29 is 14.3 Å². The molecule has 8 aliphatic carbocycles. The Morgan fingerprint density at radius 3 is 1.74 bits per heavy atom. The van der Waals surface area contributed by atoms with Gasteiger partial charge in [-0.1, -0.05) is 0 Å². The summed E-state index contributed by atoms with van der Waals surface area (Å²) in [7, 11) is 0. The molecule has 1 aromatic heterocycles. The summed E-state index contributed by atoms with van der Waals surface area (Å²) in [6.07, 6.45) is 18.0. The summed E-state index contributed by atoms with van der Waals surface area (Å²) < 4.78 is 7.72. The van der Waals surface area contributed by atoms with Gasteiger partial charge in [0.25, 0.3) is 0 Å². The Hall–Kier alpha value is -2.89. The highest BCUT2D eigenvalue weighted by atomic mass is 16.5. The van der Waals surface area contributed by atoms with Crippen molar-refractivity contribution in [2.75, 3.05) is 5.32 Å². The molecule has 10 rings (SSSR count). The third-order valence-corrected chi connectivity index (χ3v) is 12.3. The van der Waals surface area contributed by atoms with Gasteiger partial charge < -0.3 is 14.6 Å². The lowest BCUT2D eigenvalue weighted by atomic mass is 9.49. The Morgan fingerprint density at radius 1 is 0.762 bits per heavy atom. The number of carbonyl (C=O) groups is 2. The second-order valence-corrected chi connectivity index (χ2v) is 15.7. The molecule has 8 aliphatic rings. The van der Waals surface area contributed by atoms with Crippen LogP contribution < -0.4 is 15.5 Å². The highest BCUT2D eigenvalue weighted by Gasteiger charge is 2.52. The molecule has 0 radical (unpaired) electrons. The number of hydrogen-bond acceptors (Lipinski definition) is 4. The van der Waals surface area contributed by atoms with Gasteiger partial charge in [-0.2, -0.15) is 0 Å². The number of ether oxygens (including phenoxy) is 1. The summed E-state index contributed by atoms with van der Waals surface area (Å²) in [5, 5.41) is 3.15. The van der Waals surface area contributed by atoms with Gasteiger partial charge in [0.2, 0.25) is 11.3 Å². The topological polar surface area (TPSA) is 77.4 Å². The molecule has 2 aromatic rings. The van der Waals surface area contributed by atoms with Crippen LogP contribution in [0.5, 0.6) is 5.75 Å². The Bertz CT molecular complexity index is 1400. The molecule has 6 heteroatoms. The third kappa shape index (κ3) is 4.83. The van der Waals surface area contributed by atoms with Gasteiger partial charge in [-0.15, -0.1) is 0 Å². The lowest BCUT2D eigenvalue weighted by molar-refractivity contribution is -0.143. The zero-order chi connectivity index (χ0) is 28.6. The molecule has 222 valence electrons. The first-order valence-electron chi connectivity index (χ1n) is 16.6. The molecule has 6 nitrogen and oxygen atoms in total. The van der Waals surface area contributed by atoms with E-state index >= 15 is 0 Å². The molecule has 1 N–H and O–H groups in total. The van der Waals surface area contributed by atoms with E-state index in [9.17, 15) is 14.4 Å². The number of esters is 1. The number of nitrogens with zero attached hydrogens (tertiary/aromatic N) is 1. The van der Waals surface area contributed by atoms with Crippen LogP contribution in [0.25, 0.3) is 5.69 Å². The molecule has 0 aliphatic heterocycles. The summed E-state index contributed by atoms with van der Waals surface area (Å²) >= 11 is 0. The summed E-state index contributed by atoms with van der Waals surface area (Å²) in [5.74, 6) is 4.80. The molecule has 0 saturated heterocycles. The fourth-order valence-corrected chi connectivity index (χ4v) is 11.7. The number of amides is 1. The van der Waals surface area contributed by atoms with Crippen molar-refractivity contribution in [3.05, 3.63) is 52.4 Å². The van der Waals surface area contributed by atoms with Crippen LogP contribution in [0.2, 0.25) is 0 Å². The number of hydrogen-bond donors (Lipinski definition) is 1. The first-order chi connectivity index (χ1) is 20.2. The van der Waals surface area contributed by atoms with Crippen molar-refractivity contribution in [1.82, 2.24) is 4.57 Å². The van der Waals surface area contributed by atoms with Crippen molar-refractivity contribution in [3.8, 4) is 11.4 Å². The molecule has 8 bridgehead atoms. The summed E-state index contributed by atoms with van der Waals surface area (Å²) in [6.45, 7) is 1.83. The fourth-order valence-electron chi connectivity index (χ4n) is 11.7. The fraction of sp³-hybridized carbons (Fsp3) is 0.639. The Labute approximate surface area is 248 Å². The Balaban J connectivity index is 0.934. The molecule has 8 fully saturated rings. The van der Waals surface area contributed by atoms with Crippen molar-refractivity contribution in [1.29, 1.82) is 0 Å². The van der Waals surface area contributed by atoms with Crippen molar-refractivity contribution in [2.45, 2.75) is 96.8 Å². The van der Waals surface area contributed by atoms with E-state index in [0.29, 0.717) is 18.5 Å². The van der Waals surface area contributed by atoms with Crippen LogP contribution in [0.15, 0.2) is 41.3 Å². The average Bonchev–Trinajstić information content (AvgIpc) is 2.89. The lowest BCUT2D eigenvalue weighted by Gasteiger charge is -2.56. The number of rotatable bonds is 7. The summed E-state index contributed by atoms with van der Waals surface area (Å²) in [6, 6.07) is 9.20. The van der Waals surface area contributed by atoms with Crippen LogP contribution in [-0.4, -0.2) is 16.4 Å². The Kier molecular flexibility index (Phi) is 6.25. The minimum absolute atomic E-state index is 0.0729. The number of pyridine rings is 1. The summed E-state index contributed by atoms with van der Waals surface area (Å²) in [5.41, 5.74) is 2.27. The van der Waals surface area contributed by atoms with Gasteiger partial charge in [0.1, 0.15) is 0 Å². The zero-order valence-electron chi connectivity index (χ0n) is 24.9. The van der Waals surface area contributed by atoms with Crippen molar-refractivity contribution in [3.63, 3.8) is 0 Å². The van der Waals surface area contributed by atoms with E-state index in [4.69, 9.17) is 4.74 Å². The predicted octanol–water partition coefficient (Wildman–Crippen LogP) is 7.20. The molecule has 1 aromatic carbocycles. The molecular weight excluding hydrogens is 524 g/mol. The van der Waals surface area contributed by atoms with E-state index in [1.165, 1.54) is 63.9 Å². The smallest absolute Gasteiger partial charge is 0.311 e. The van der Waals surface area contributed by atoms with Gasteiger partial charge in [-0.3, -0.25) is 14.4 Å². The van der Waals surface area contributed by atoms with E-state index in [1.54, 1.807) is 6.20 Å². The molecule has 42 heavy (non-hydrogen) atoms. The number of anilines is 1. The van der Waals surface area contributed by atoms with Crippen LogP contribution in [-0.2, 0) is 9.59 Å². The molecular formula is C36H44N2O4. The molecule has 0 unspecified atom stereocenters. The van der Waals surface area contributed by atoms with Crippen LogP contribution >= 0.6 is 0 Å². The van der Waals surface area contributed by atoms with E-state index in [1.807, 2.05) is 35.8 Å². The SMILES string of the molecule is Cc1c(OC(=O)CC23CC4CC(CC(C4)C2)C3)c(=O)ccn1-c1ccc(NC(=O)CC23CC4CC(CC(C4)C2)C3)cc1. The highest BCUT2D eigenvalue weighted by molar-refractivity contribution is 5.91. The van der Waals surface area contributed by atoms with Gasteiger partial charge in [-0.05, 0) is 155 Å².